The molecule has 0 heterocycles. The van der Waals surface area contributed by atoms with Crippen molar-refractivity contribution in [3.8, 4) is 0 Å². The molecule has 1 aliphatic rings. The third-order valence-electron chi connectivity index (χ3n) is 2.71. The maximum absolute atomic E-state index is 5.71. The minimum atomic E-state index is 0.0903. The predicted octanol–water partition coefficient (Wildman–Crippen LogP) is 1.19. The van der Waals surface area contributed by atoms with Crippen LogP contribution in [0.15, 0.2) is 5.10 Å². The number of hydrazone groups is 1. The van der Waals surface area contributed by atoms with Gasteiger partial charge in [-0.1, -0.05) is 26.2 Å². The number of amidine groups is 1. The van der Waals surface area contributed by atoms with Gasteiger partial charge in [0.1, 0.15) is 5.84 Å². The zero-order valence-electron chi connectivity index (χ0n) is 7.14. The molecule has 0 bridgehead atoms. The Kier molecular flexibility index (Phi) is 2.37. The molecule has 1 rings (SSSR count). The third kappa shape index (κ3) is 1.64. The first-order valence-electron chi connectivity index (χ1n) is 4.23. The smallest absolute Gasteiger partial charge is 0.125 e. The lowest BCUT2D eigenvalue weighted by molar-refractivity contribution is 0.309. The van der Waals surface area contributed by atoms with Crippen LogP contribution in [-0.4, -0.2) is 5.84 Å². The van der Waals surface area contributed by atoms with Gasteiger partial charge in [0.25, 0.3) is 0 Å². The van der Waals surface area contributed by atoms with Crippen LogP contribution in [0.4, 0.5) is 0 Å². The maximum Gasteiger partial charge on any atom is 0.125 e. The highest BCUT2D eigenvalue weighted by molar-refractivity contribution is 5.85. The van der Waals surface area contributed by atoms with E-state index in [0.717, 1.165) is 12.8 Å². The van der Waals surface area contributed by atoms with E-state index in [2.05, 4.69) is 12.0 Å². The lowest BCUT2D eigenvalue weighted by atomic mass is 9.75. The number of nitrogens with zero attached hydrogens (tertiary/aromatic N) is 1. The Morgan fingerprint density at radius 3 is 2.27 bits per heavy atom. The van der Waals surface area contributed by atoms with E-state index in [9.17, 15) is 0 Å². The molecule has 11 heavy (non-hydrogen) atoms. The van der Waals surface area contributed by atoms with Gasteiger partial charge < -0.3 is 11.6 Å². The van der Waals surface area contributed by atoms with Gasteiger partial charge in [-0.3, -0.25) is 0 Å². The summed E-state index contributed by atoms with van der Waals surface area (Å²) in [5.41, 5.74) is 5.80. The fourth-order valence-electron chi connectivity index (χ4n) is 1.74. The van der Waals surface area contributed by atoms with Crippen LogP contribution in [0.1, 0.15) is 39.0 Å². The molecule has 3 heteroatoms. The van der Waals surface area contributed by atoms with E-state index in [1.807, 2.05) is 0 Å². The zero-order chi connectivity index (χ0) is 8.32. The fourth-order valence-corrected chi connectivity index (χ4v) is 1.74. The molecule has 0 aromatic rings. The molecule has 1 saturated carbocycles. The Morgan fingerprint density at radius 2 is 1.82 bits per heavy atom. The molecule has 0 unspecified atom stereocenters. The topological polar surface area (TPSA) is 64.4 Å². The van der Waals surface area contributed by atoms with Gasteiger partial charge in [-0.25, -0.2) is 0 Å². The van der Waals surface area contributed by atoms with Crippen LogP contribution in [0.2, 0.25) is 0 Å². The Bertz CT molecular complexity index is 157. The van der Waals surface area contributed by atoms with E-state index >= 15 is 0 Å². The average molecular weight is 155 g/mol. The minimum Gasteiger partial charge on any atom is -0.385 e. The van der Waals surface area contributed by atoms with Crippen LogP contribution in [0, 0.1) is 5.41 Å². The summed E-state index contributed by atoms with van der Waals surface area (Å²) in [6.07, 6.45) is 6.12. The fraction of sp³-hybridized carbons (Fsp3) is 0.875. The van der Waals surface area contributed by atoms with Crippen LogP contribution in [0.5, 0.6) is 0 Å². The molecular formula is C8H17N3. The van der Waals surface area contributed by atoms with Gasteiger partial charge in [0.05, 0.1) is 0 Å². The van der Waals surface area contributed by atoms with Crippen molar-refractivity contribution in [1.82, 2.24) is 0 Å². The van der Waals surface area contributed by atoms with Gasteiger partial charge in [0.15, 0.2) is 0 Å². The Balaban J connectivity index is 2.64. The molecule has 0 aromatic heterocycles. The summed E-state index contributed by atoms with van der Waals surface area (Å²) in [6.45, 7) is 2.15. The summed E-state index contributed by atoms with van der Waals surface area (Å²) < 4.78 is 0. The van der Waals surface area contributed by atoms with Crippen LogP contribution < -0.4 is 11.6 Å². The van der Waals surface area contributed by atoms with Crippen LogP contribution in [0.3, 0.4) is 0 Å². The zero-order valence-corrected chi connectivity index (χ0v) is 7.14. The summed E-state index contributed by atoms with van der Waals surface area (Å²) in [7, 11) is 0. The Morgan fingerprint density at radius 1 is 1.27 bits per heavy atom. The molecule has 4 N–H and O–H groups in total. The lowest BCUT2D eigenvalue weighted by Gasteiger charge is -2.32. The molecule has 64 valence electrons. The van der Waals surface area contributed by atoms with Gasteiger partial charge in [-0.05, 0) is 12.8 Å². The SMILES string of the molecule is CC1(C(N)=NN)CCCCC1. The van der Waals surface area contributed by atoms with Gasteiger partial charge in [-0.15, -0.1) is 0 Å². The number of rotatable bonds is 1. The maximum atomic E-state index is 5.71. The summed E-state index contributed by atoms with van der Waals surface area (Å²) in [5, 5.41) is 3.58. The van der Waals surface area contributed by atoms with Crippen molar-refractivity contribution in [2.45, 2.75) is 39.0 Å². The quantitative estimate of drug-likeness (QED) is 0.258. The molecule has 0 atom stereocenters. The number of hydrogen-bond donors (Lipinski definition) is 2. The standard InChI is InChI=1S/C8H17N3/c1-8(7(9)11-10)5-3-2-4-6-8/h2-6,10H2,1H3,(H2,9,11). The van der Waals surface area contributed by atoms with Crippen molar-refractivity contribution in [1.29, 1.82) is 0 Å². The lowest BCUT2D eigenvalue weighted by Crippen LogP contribution is -2.37. The first kappa shape index (κ1) is 8.37. The highest BCUT2D eigenvalue weighted by Gasteiger charge is 2.30. The van der Waals surface area contributed by atoms with Crippen molar-refractivity contribution >= 4 is 5.84 Å². The summed E-state index contributed by atoms with van der Waals surface area (Å²) in [5.74, 6) is 5.77. The molecule has 0 aromatic carbocycles. The third-order valence-corrected chi connectivity index (χ3v) is 2.71. The summed E-state index contributed by atoms with van der Waals surface area (Å²) >= 11 is 0. The highest BCUT2D eigenvalue weighted by Crippen LogP contribution is 2.35. The Hall–Kier alpha value is -0.730. The second-order valence-electron chi connectivity index (χ2n) is 3.64. The summed E-state index contributed by atoms with van der Waals surface area (Å²) in [4.78, 5) is 0. The van der Waals surface area contributed by atoms with Crippen molar-refractivity contribution in [3.05, 3.63) is 0 Å². The van der Waals surface area contributed by atoms with E-state index in [0.29, 0.717) is 5.84 Å². The monoisotopic (exact) mass is 155 g/mol. The largest absolute Gasteiger partial charge is 0.385 e. The molecule has 0 radical (unpaired) electrons. The average Bonchev–Trinajstić information content (AvgIpc) is 2.04. The van der Waals surface area contributed by atoms with E-state index in [1.165, 1.54) is 19.3 Å². The first-order chi connectivity index (χ1) is 5.19. The van der Waals surface area contributed by atoms with Gasteiger partial charge >= 0.3 is 0 Å². The van der Waals surface area contributed by atoms with Crippen LogP contribution >= 0.6 is 0 Å². The molecule has 3 nitrogen and oxygen atoms in total. The van der Waals surface area contributed by atoms with E-state index in [4.69, 9.17) is 11.6 Å². The first-order valence-corrected chi connectivity index (χ1v) is 4.23. The van der Waals surface area contributed by atoms with Crippen molar-refractivity contribution in [2.24, 2.45) is 22.1 Å². The molecular weight excluding hydrogens is 138 g/mol. The molecule has 0 aliphatic heterocycles. The highest BCUT2D eigenvalue weighted by atomic mass is 15.2. The minimum absolute atomic E-state index is 0.0903. The van der Waals surface area contributed by atoms with Gasteiger partial charge in [0, 0.05) is 5.41 Å². The normalized spacial score (nSPS) is 25.0. The number of hydrogen-bond acceptors (Lipinski definition) is 2. The van der Waals surface area contributed by atoms with Crippen LogP contribution in [-0.2, 0) is 0 Å². The second kappa shape index (κ2) is 3.11. The van der Waals surface area contributed by atoms with Crippen molar-refractivity contribution in [2.75, 3.05) is 0 Å². The van der Waals surface area contributed by atoms with Gasteiger partial charge in [-0.2, -0.15) is 5.10 Å². The van der Waals surface area contributed by atoms with Crippen molar-refractivity contribution in [3.63, 3.8) is 0 Å². The van der Waals surface area contributed by atoms with Crippen molar-refractivity contribution < 1.29 is 0 Å². The van der Waals surface area contributed by atoms with Crippen LogP contribution in [0.25, 0.3) is 0 Å². The van der Waals surface area contributed by atoms with E-state index in [-0.39, 0.29) is 5.41 Å². The van der Waals surface area contributed by atoms with E-state index < -0.39 is 0 Å². The molecule has 0 spiro atoms. The summed E-state index contributed by atoms with van der Waals surface area (Å²) in [6, 6.07) is 0. The predicted molar refractivity (Wildman–Crippen MR) is 47.0 cm³/mol. The molecule has 1 aliphatic carbocycles. The molecule has 1 fully saturated rings. The van der Waals surface area contributed by atoms with Gasteiger partial charge in [0.2, 0.25) is 0 Å². The van der Waals surface area contributed by atoms with E-state index in [1.54, 1.807) is 0 Å². The molecule has 0 saturated heterocycles. The molecule has 0 amide bonds. The second-order valence-corrected chi connectivity index (χ2v) is 3.64. The number of nitrogens with two attached hydrogens (primary N) is 2. The Labute approximate surface area is 67.8 Å².